The molecule has 0 radical (unpaired) electrons. The molecule has 3 aromatic rings. The second-order valence-electron chi connectivity index (χ2n) is 8.01. The van der Waals surface area contributed by atoms with Crippen molar-refractivity contribution in [2.75, 3.05) is 21.3 Å². The lowest BCUT2D eigenvalue weighted by Gasteiger charge is -2.24. The van der Waals surface area contributed by atoms with Gasteiger partial charge in [-0.05, 0) is 56.0 Å². The van der Waals surface area contributed by atoms with E-state index in [2.05, 4.69) is 4.99 Å². The number of allylic oxidation sites excluding steroid dienone is 1. The number of hydrogen-bond donors (Lipinski definition) is 0. The maximum absolute atomic E-state index is 13.7. The Morgan fingerprint density at radius 1 is 1.14 bits per heavy atom. The first-order chi connectivity index (χ1) is 16.8. The molecule has 0 spiro atoms. The summed E-state index contributed by atoms with van der Waals surface area (Å²) in [5.74, 6) is 0.961. The molecular formula is C25H26N2O6S2. The Labute approximate surface area is 210 Å². The van der Waals surface area contributed by atoms with Crippen LogP contribution in [0.1, 0.15) is 37.3 Å². The van der Waals surface area contributed by atoms with Crippen LogP contribution >= 0.6 is 22.7 Å². The number of carbonyl (C=O) groups is 1. The molecule has 4 rings (SSSR count). The number of carbonyl (C=O) groups excluding carboxylic acids is 1. The van der Waals surface area contributed by atoms with Gasteiger partial charge in [0, 0.05) is 4.88 Å². The summed E-state index contributed by atoms with van der Waals surface area (Å²) < 4.78 is 23.8. The quantitative estimate of drug-likeness (QED) is 0.450. The Hall–Kier alpha value is -3.37. The van der Waals surface area contributed by atoms with E-state index < -0.39 is 12.0 Å². The van der Waals surface area contributed by atoms with Gasteiger partial charge in [-0.3, -0.25) is 9.36 Å². The molecule has 3 heterocycles. The summed E-state index contributed by atoms with van der Waals surface area (Å²) in [7, 11) is 4.61. The summed E-state index contributed by atoms with van der Waals surface area (Å²) in [6.45, 7) is 5.36. The minimum atomic E-state index is -0.611. The van der Waals surface area contributed by atoms with Crippen molar-refractivity contribution in [3.8, 4) is 17.2 Å². The number of thiazole rings is 1. The maximum atomic E-state index is 13.7. The average Bonchev–Trinajstić information content (AvgIpc) is 3.45. The zero-order chi connectivity index (χ0) is 25.3. The van der Waals surface area contributed by atoms with Gasteiger partial charge < -0.3 is 18.9 Å². The number of hydrogen-bond acceptors (Lipinski definition) is 9. The first-order valence-electron chi connectivity index (χ1n) is 10.9. The minimum absolute atomic E-state index is 0.247. The Kier molecular flexibility index (Phi) is 7.13. The first-order valence-corrected chi connectivity index (χ1v) is 12.6. The van der Waals surface area contributed by atoms with Crippen LogP contribution < -0.4 is 29.1 Å². The Morgan fingerprint density at radius 2 is 1.83 bits per heavy atom. The predicted molar refractivity (Wildman–Crippen MR) is 135 cm³/mol. The summed E-state index contributed by atoms with van der Waals surface area (Å²) >= 11 is 2.73. The number of ether oxygens (including phenoxy) is 4. The minimum Gasteiger partial charge on any atom is -0.493 e. The van der Waals surface area contributed by atoms with Gasteiger partial charge in [0.25, 0.3) is 5.56 Å². The predicted octanol–water partition coefficient (Wildman–Crippen LogP) is 3.27. The van der Waals surface area contributed by atoms with Crippen molar-refractivity contribution in [2.24, 2.45) is 4.99 Å². The molecule has 0 aliphatic carbocycles. The highest BCUT2D eigenvalue weighted by atomic mass is 32.1. The molecule has 184 valence electrons. The van der Waals surface area contributed by atoms with Crippen LogP contribution in [0.3, 0.4) is 0 Å². The number of nitrogens with zero attached hydrogens (tertiary/aromatic N) is 2. The molecule has 35 heavy (non-hydrogen) atoms. The van der Waals surface area contributed by atoms with Crippen molar-refractivity contribution in [2.45, 2.75) is 32.9 Å². The van der Waals surface area contributed by atoms with Crippen molar-refractivity contribution in [3.63, 3.8) is 0 Å². The van der Waals surface area contributed by atoms with Crippen LogP contribution in [0.5, 0.6) is 17.2 Å². The molecular weight excluding hydrogens is 488 g/mol. The molecule has 2 aromatic heterocycles. The standard InChI is InChI=1S/C25H26N2O6S2/c1-13(2)33-24(29)20-14(3)26-25-27(21(20)18-8-7-9-34-18)23(28)19(35-25)12-15-10-16(30-4)22(32-6)17(11-15)31-5/h7-13,21H,1-6H3/b19-12+. The molecule has 1 atom stereocenters. The lowest BCUT2D eigenvalue weighted by atomic mass is 10.0. The third-order valence-electron chi connectivity index (χ3n) is 5.38. The molecule has 1 aromatic carbocycles. The van der Waals surface area contributed by atoms with Crippen LogP contribution in [-0.2, 0) is 9.53 Å². The van der Waals surface area contributed by atoms with Gasteiger partial charge in [0.2, 0.25) is 5.75 Å². The van der Waals surface area contributed by atoms with Gasteiger partial charge in [-0.1, -0.05) is 17.4 Å². The number of fused-ring (bicyclic) bond motifs is 1. The Morgan fingerprint density at radius 3 is 2.37 bits per heavy atom. The molecule has 10 heteroatoms. The number of esters is 1. The molecule has 0 saturated carbocycles. The molecule has 8 nitrogen and oxygen atoms in total. The summed E-state index contributed by atoms with van der Waals surface area (Å²) in [6.07, 6.45) is 1.46. The third kappa shape index (κ3) is 4.63. The lowest BCUT2D eigenvalue weighted by molar-refractivity contribution is -0.143. The van der Waals surface area contributed by atoms with Crippen LogP contribution in [0.25, 0.3) is 6.08 Å². The summed E-state index contributed by atoms with van der Waals surface area (Å²) in [5, 5.41) is 1.92. The van der Waals surface area contributed by atoms with E-state index >= 15 is 0 Å². The third-order valence-corrected chi connectivity index (χ3v) is 7.29. The fraction of sp³-hybridized carbons (Fsp3) is 0.320. The van der Waals surface area contributed by atoms with E-state index in [-0.39, 0.29) is 11.7 Å². The highest BCUT2D eigenvalue weighted by Crippen LogP contribution is 2.38. The molecule has 1 aliphatic heterocycles. The van der Waals surface area contributed by atoms with Gasteiger partial charge in [-0.15, -0.1) is 11.3 Å². The Bertz CT molecular complexity index is 1440. The van der Waals surface area contributed by atoms with Crippen molar-refractivity contribution >= 4 is 34.7 Å². The van der Waals surface area contributed by atoms with Crippen LogP contribution in [0.4, 0.5) is 0 Å². The SMILES string of the molecule is COc1cc(/C=c2/sc3n(c2=O)C(c2cccs2)C(C(=O)OC(C)C)=C(C)N=3)cc(OC)c1OC. The summed E-state index contributed by atoms with van der Waals surface area (Å²) in [6, 6.07) is 6.74. The molecule has 0 N–H and O–H groups in total. The van der Waals surface area contributed by atoms with Gasteiger partial charge >= 0.3 is 5.97 Å². The first kappa shape index (κ1) is 24.7. The summed E-state index contributed by atoms with van der Waals surface area (Å²) in [4.78, 5) is 32.7. The second kappa shape index (κ2) is 10.1. The normalized spacial score (nSPS) is 15.6. The van der Waals surface area contributed by atoms with Gasteiger partial charge in [0.15, 0.2) is 16.3 Å². The topological polar surface area (TPSA) is 88.4 Å². The fourth-order valence-corrected chi connectivity index (χ4v) is 5.78. The number of methoxy groups -OCH3 is 3. The molecule has 0 saturated heterocycles. The van der Waals surface area contributed by atoms with E-state index in [1.807, 2.05) is 17.5 Å². The van der Waals surface area contributed by atoms with Crippen molar-refractivity contribution in [1.29, 1.82) is 0 Å². The lowest BCUT2D eigenvalue weighted by Crippen LogP contribution is -2.39. The zero-order valence-electron chi connectivity index (χ0n) is 20.3. The number of rotatable bonds is 7. The smallest absolute Gasteiger partial charge is 0.338 e. The van der Waals surface area contributed by atoms with Crippen LogP contribution in [0.15, 0.2) is 50.7 Å². The van der Waals surface area contributed by atoms with E-state index in [9.17, 15) is 9.59 Å². The number of aromatic nitrogens is 1. The van der Waals surface area contributed by atoms with Crippen molar-refractivity contribution in [1.82, 2.24) is 4.57 Å². The largest absolute Gasteiger partial charge is 0.493 e. The zero-order valence-corrected chi connectivity index (χ0v) is 21.9. The molecule has 0 bridgehead atoms. The summed E-state index contributed by atoms with van der Waals surface area (Å²) in [5.41, 5.74) is 1.36. The molecule has 1 unspecified atom stereocenters. The van der Waals surface area contributed by atoms with Crippen LogP contribution in [0.2, 0.25) is 0 Å². The molecule has 0 amide bonds. The van der Waals surface area contributed by atoms with Crippen LogP contribution in [0, 0.1) is 0 Å². The highest BCUT2D eigenvalue weighted by molar-refractivity contribution is 7.10. The molecule has 0 fully saturated rings. The van der Waals surface area contributed by atoms with Gasteiger partial charge in [0.05, 0.1) is 43.2 Å². The van der Waals surface area contributed by atoms with Crippen molar-refractivity contribution in [3.05, 3.63) is 71.0 Å². The molecule has 1 aliphatic rings. The van der Waals surface area contributed by atoms with Gasteiger partial charge in [-0.2, -0.15) is 0 Å². The van der Waals surface area contributed by atoms with E-state index in [1.165, 1.54) is 44.0 Å². The van der Waals surface area contributed by atoms with E-state index in [1.54, 1.807) is 43.5 Å². The van der Waals surface area contributed by atoms with Gasteiger partial charge in [-0.25, -0.2) is 9.79 Å². The maximum Gasteiger partial charge on any atom is 0.338 e. The highest BCUT2D eigenvalue weighted by Gasteiger charge is 2.34. The number of thiophene rings is 1. The van der Waals surface area contributed by atoms with E-state index in [0.717, 1.165) is 4.88 Å². The van der Waals surface area contributed by atoms with Gasteiger partial charge in [0.1, 0.15) is 6.04 Å². The van der Waals surface area contributed by atoms with E-state index in [4.69, 9.17) is 18.9 Å². The Balaban J connectivity index is 1.91. The van der Waals surface area contributed by atoms with Crippen LogP contribution in [-0.4, -0.2) is 38.0 Å². The van der Waals surface area contributed by atoms with E-state index in [0.29, 0.717) is 43.4 Å². The number of benzene rings is 1. The van der Waals surface area contributed by atoms with Crippen molar-refractivity contribution < 1.29 is 23.7 Å². The monoisotopic (exact) mass is 514 g/mol. The second-order valence-corrected chi connectivity index (χ2v) is 10.00. The average molecular weight is 515 g/mol. The fourth-order valence-electron chi connectivity index (χ4n) is 3.91.